The third kappa shape index (κ3) is 3.27. The SMILES string of the molecule is CC(C)C(CN(C)C)NC1CCc2sc(Cl)cc21. The monoisotopic (exact) mass is 286 g/mol. The minimum Gasteiger partial charge on any atom is -0.308 e. The van der Waals surface area contributed by atoms with E-state index >= 15 is 0 Å². The molecule has 2 unspecified atom stereocenters. The quantitative estimate of drug-likeness (QED) is 0.890. The molecule has 0 spiro atoms. The predicted molar refractivity (Wildman–Crippen MR) is 80.7 cm³/mol. The van der Waals surface area contributed by atoms with Crippen molar-refractivity contribution in [2.45, 2.75) is 38.8 Å². The van der Waals surface area contributed by atoms with E-state index in [1.165, 1.54) is 23.3 Å². The number of hydrogen-bond donors (Lipinski definition) is 1. The summed E-state index contributed by atoms with van der Waals surface area (Å²) in [5.74, 6) is 0.644. The number of likely N-dealkylation sites (N-methyl/N-ethyl adjacent to an activating group) is 1. The van der Waals surface area contributed by atoms with Crippen LogP contribution in [0.3, 0.4) is 0 Å². The van der Waals surface area contributed by atoms with Crippen LogP contribution in [0.1, 0.15) is 36.8 Å². The molecule has 1 aliphatic carbocycles. The van der Waals surface area contributed by atoms with Gasteiger partial charge < -0.3 is 10.2 Å². The summed E-state index contributed by atoms with van der Waals surface area (Å²) in [5, 5.41) is 3.82. The molecule has 0 aromatic carbocycles. The van der Waals surface area contributed by atoms with E-state index in [1.54, 1.807) is 11.3 Å². The standard InChI is InChI=1S/C14H23ClN2S/c1-9(2)12(8-17(3)4)16-11-5-6-13-10(11)7-14(15)18-13/h7,9,11-12,16H,5-6,8H2,1-4H3. The highest BCUT2D eigenvalue weighted by molar-refractivity contribution is 7.16. The first-order valence-electron chi connectivity index (χ1n) is 6.66. The highest BCUT2D eigenvalue weighted by Crippen LogP contribution is 2.39. The van der Waals surface area contributed by atoms with Gasteiger partial charge in [-0.3, -0.25) is 0 Å². The van der Waals surface area contributed by atoms with Crippen molar-refractivity contribution < 1.29 is 0 Å². The number of nitrogens with zero attached hydrogens (tertiary/aromatic N) is 1. The first kappa shape index (κ1) is 14.3. The zero-order chi connectivity index (χ0) is 13.3. The van der Waals surface area contributed by atoms with Crippen LogP contribution in [0.15, 0.2) is 6.07 Å². The second kappa shape index (κ2) is 5.91. The molecule has 102 valence electrons. The van der Waals surface area contributed by atoms with Crippen LogP contribution < -0.4 is 5.32 Å². The number of thiophene rings is 1. The first-order valence-corrected chi connectivity index (χ1v) is 7.85. The van der Waals surface area contributed by atoms with Crippen LogP contribution in [0.2, 0.25) is 4.34 Å². The van der Waals surface area contributed by atoms with Gasteiger partial charge in [0.2, 0.25) is 0 Å². The molecule has 1 heterocycles. The molecule has 2 rings (SSSR count). The lowest BCUT2D eigenvalue weighted by molar-refractivity contribution is 0.268. The molecular weight excluding hydrogens is 264 g/mol. The van der Waals surface area contributed by atoms with Crippen molar-refractivity contribution in [3.63, 3.8) is 0 Å². The van der Waals surface area contributed by atoms with E-state index in [0.29, 0.717) is 18.0 Å². The molecule has 0 aliphatic heterocycles. The highest BCUT2D eigenvalue weighted by atomic mass is 35.5. The molecule has 2 atom stereocenters. The van der Waals surface area contributed by atoms with Gasteiger partial charge in [-0.05, 0) is 44.5 Å². The number of nitrogens with one attached hydrogen (secondary N) is 1. The van der Waals surface area contributed by atoms with Gasteiger partial charge in [0, 0.05) is 23.5 Å². The molecule has 0 bridgehead atoms. The molecule has 4 heteroatoms. The summed E-state index contributed by atoms with van der Waals surface area (Å²) in [4.78, 5) is 3.73. The van der Waals surface area contributed by atoms with E-state index < -0.39 is 0 Å². The van der Waals surface area contributed by atoms with Gasteiger partial charge >= 0.3 is 0 Å². The van der Waals surface area contributed by atoms with Gasteiger partial charge in [-0.2, -0.15) is 0 Å². The minimum atomic E-state index is 0.496. The van der Waals surface area contributed by atoms with E-state index in [1.807, 2.05) is 0 Å². The van der Waals surface area contributed by atoms with Gasteiger partial charge in [0.15, 0.2) is 0 Å². The first-order chi connectivity index (χ1) is 8.47. The average molecular weight is 287 g/mol. The molecule has 0 radical (unpaired) electrons. The van der Waals surface area contributed by atoms with Crippen LogP contribution >= 0.6 is 22.9 Å². The largest absolute Gasteiger partial charge is 0.308 e. The molecule has 0 saturated carbocycles. The number of halogens is 1. The molecule has 1 aromatic heterocycles. The molecule has 0 fully saturated rings. The fourth-order valence-corrected chi connectivity index (χ4v) is 3.97. The second-order valence-electron chi connectivity index (χ2n) is 5.80. The average Bonchev–Trinajstić information content (AvgIpc) is 2.77. The van der Waals surface area contributed by atoms with Crippen LogP contribution in [0.5, 0.6) is 0 Å². The lowest BCUT2D eigenvalue weighted by Crippen LogP contribution is -2.43. The van der Waals surface area contributed by atoms with Gasteiger partial charge in [-0.1, -0.05) is 25.4 Å². The molecule has 18 heavy (non-hydrogen) atoms. The fraction of sp³-hybridized carbons (Fsp3) is 0.714. The van der Waals surface area contributed by atoms with E-state index in [-0.39, 0.29) is 0 Å². The number of aryl methyl sites for hydroxylation is 1. The Morgan fingerprint density at radius 1 is 1.50 bits per heavy atom. The fourth-order valence-electron chi connectivity index (χ4n) is 2.61. The van der Waals surface area contributed by atoms with Gasteiger partial charge in [-0.15, -0.1) is 11.3 Å². The van der Waals surface area contributed by atoms with Crippen molar-refractivity contribution in [3.8, 4) is 0 Å². The Labute approximate surface area is 119 Å². The van der Waals surface area contributed by atoms with Crippen LogP contribution in [-0.4, -0.2) is 31.6 Å². The lowest BCUT2D eigenvalue weighted by Gasteiger charge is -2.29. The molecule has 1 aromatic rings. The van der Waals surface area contributed by atoms with Crippen molar-refractivity contribution >= 4 is 22.9 Å². The van der Waals surface area contributed by atoms with Crippen LogP contribution in [-0.2, 0) is 6.42 Å². The second-order valence-corrected chi connectivity index (χ2v) is 7.57. The number of rotatable bonds is 5. The topological polar surface area (TPSA) is 15.3 Å². The molecule has 0 amide bonds. The summed E-state index contributed by atoms with van der Waals surface area (Å²) >= 11 is 7.85. The summed E-state index contributed by atoms with van der Waals surface area (Å²) < 4.78 is 0.931. The maximum absolute atomic E-state index is 6.11. The third-order valence-corrected chi connectivity index (χ3v) is 4.97. The maximum atomic E-state index is 6.11. The Bertz CT molecular complexity index is 400. The highest BCUT2D eigenvalue weighted by Gasteiger charge is 2.28. The summed E-state index contributed by atoms with van der Waals surface area (Å²) in [6.45, 7) is 5.66. The van der Waals surface area contributed by atoms with Crippen molar-refractivity contribution in [3.05, 3.63) is 20.8 Å². The van der Waals surface area contributed by atoms with Crippen molar-refractivity contribution in [1.82, 2.24) is 10.2 Å². The van der Waals surface area contributed by atoms with E-state index in [2.05, 4.69) is 44.2 Å². The van der Waals surface area contributed by atoms with Gasteiger partial charge in [0.25, 0.3) is 0 Å². The van der Waals surface area contributed by atoms with Gasteiger partial charge in [0.1, 0.15) is 0 Å². The predicted octanol–water partition coefficient (Wildman–Crippen LogP) is 3.56. The lowest BCUT2D eigenvalue weighted by atomic mass is 10.0. The van der Waals surface area contributed by atoms with Crippen LogP contribution in [0, 0.1) is 5.92 Å². The van der Waals surface area contributed by atoms with Crippen molar-refractivity contribution in [2.75, 3.05) is 20.6 Å². The van der Waals surface area contributed by atoms with Gasteiger partial charge in [0.05, 0.1) is 4.34 Å². The smallest absolute Gasteiger partial charge is 0.0934 e. The molecule has 0 saturated heterocycles. The minimum absolute atomic E-state index is 0.496. The van der Waals surface area contributed by atoms with Crippen LogP contribution in [0.4, 0.5) is 0 Å². The van der Waals surface area contributed by atoms with Gasteiger partial charge in [-0.25, -0.2) is 0 Å². The van der Waals surface area contributed by atoms with Crippen LogP contribution in [0.25, 0.3) is 0 Å². The zero-order valence-corrected chi connectivity index (χ0v) is 13.2. The number of hydrogen-bond acceptors (Lipinski definition) is 3. The third-order valence-electron chi connectivity index (χ3n) is 3.63. The molecular formula is C14H23ClN2S. The Hall–Kier alpha value is -0.0900. The summed E-state index contributed by atoms with van der Waals surface area (Å²) in [5.41, 5.74) is 1.44. The van der Waals surface area contributed by atoms with Crippen molar-refractivity contribution in [2.24, 2.45) is 5.92 Å². The maximum Gasteiger partial charge on any atom is 0.0934 e. The van der Waals surface area contributed by atoms with E-state index in [4.69, 9.17) is 11.6 Å². The number of fused-ring (bicyclic) bond motifs is 1. The normalized spacial score (nSPS) is 20.7. The Morgan fingerprint density at radius 3 is 2.83 bits per heavy atom. The van der Waals surface area contributed by atoms with Crippen molar-refractivity contribution in [1.29, 1.82) is 0 Å². The molecule has 1 N–H and O–H groups in total. The summed E-state index contributed by atoms with van der Waals surface area (Å²) in [6, 6.07) is 3.19. The van der Waals surface area contributed by atoms with E-state index in [9.17, 15) is 0 Å². The Kier molecular flexibility index (Phi) is 4.70. The molecule has 1 aliphatic rings. The Morgan fingerprint density at radius 2 is 2.22 bits per heavy atom. The molecule has 2 nitrogen and oxygen atoms in total. The Balaban J connectivity index is 2.04. The van der Waals surface area contributed by atoms with E-state index in [0.717, 1.165) is 10.9 Å². The zero-order valence-electron chi connectivity index (χ0n) is 11.7. The summed E-state index contributed by atoms with van der Waals surface area (Å²) in [6.07, 6.45) is 2.39. The summed E-state index contributed by atoms with van der Waals surface area (Å²) in [7, 11) is 4.27.